The van der Waals surface area contributed by atoms with Gasteiger partial charge in [-0.1, -0.05) is 24.9 Å². The predicted octanol–water partition coefficient (Wildman–Crippen LogP) is 1.82. The zero-order valence-electron chi connectivity index (χ0n) is 13.4. The third-order valence-corrected chi connectivity index (χ3v) is 3.45. The lowest BCUT2D eigenvalue weighted by Crippen LogP contribution is -2.40. The fraction of sp³-hybridized carbons (Fsp3) is 0.438. The Morgan fingerprint density at radius 3 is 2.75 bits per heavy atom. The van der Waals surface area contributed by atoms with Gasteiger partial charge in [0.25, 0.3) is 0 Å². The number of carboxylic acids is 1. The average Bonchev–Trinajstić information content (AvgIpc) is 3.06. The van der Waals surface area contributed by atoms with Crippen molar-refractivity contribution in [2.75, 3.05) is 0 Å². The van der Waals surface area contributed by atoms with Crippen molar-refractivity contribution in [1.82, 2.24) is 20.4 Å². The summed E-state index contributed by atoms with van der Waals surface area (Å²) in [6.45, 7) is 1.97. The van der Waals surface area contributed by atoms with E-state index in [1.807, 2.05) is 6.92 Å². The first-order valence-corrected chi connectivity index (χ1v) is 7.85. The summed E-state index contributed by atoms with van der Waals surface area (Å²) in [5.74, 6) is -0.603. The van der Waals surface area contributed by atoms with Crippen LogP contribution >= 0.6 is 0 Å². The number of carboxylic acid groups (broad SMARTS) is 1. The molecule has 0 saturated carbocycles. The van der Waals surface area contributed by atoms with Crippen molar-refractivity contribution < 1.29 is 19.2 Å². The molecule has 2 aromatic heterocycles. The molecule has 0 bridgehead atoms. The zero-order valence-corrected chi connectivity index (χ0v) is 13.4. The van der Waals surface area contributed by atoms with Crippen molar-refractivity contribution in [3.05, 3.63) is 30.4 Å². The van der Waals surface area contributed by atoms with Gasteiger partial charge < -0.3 is 14.9 Å². The van der Waals surface area contributed by atoms with Gasteiger partial charge in [-0.25, -0.2) is 4.79 Å². The van der Waals surface area contributed by atoms with E-state index in [-0.39, 0.29) is 18.7 Å². The minimum Gasteiger partial charge on any atom is -0.480 e. The number of unbranched alkanes of at least 4 members (excludes halogenated alkanes) is 1. The third kappa shape index (κ3) is 5.15. The van der Waals surface area contributed by atoms with Crippen LogP contribution in [0.5, 0.6) is 0 Å². The molecule has 0 spiro atoms. The molecule has 1 amide bonds. The van der Waals surface area contributed by atoms with Gasteiger partial charge in [-0.15, -0.1) is 0 Å². The number of hydrogen-bond acceptors (Lipinski definition) is 6. The van der Waals surface area contributed by atoms with Crippen LogP contribution in [0.1, 0.15) is 38.5 Å². The van der Waals surface area contributed by atoms with Crippen molar-refractivity contribution in [2.24, 2.45) is 0 Å². The number of carbonyl (C=O) groups is 2. The summed E-state index contributed by atoms with van der Waals surface area (Å²) in [5.41, 5.74) is 0.773. The Kier molecular flexibility index (Phi) is 6.41. The number of aliphatic carboxylic acids is 1. The van der Waals surface area contributed by atoms with Crippen LogP contribution in [0.15, 0.2) is 29.0 Å². The average molecular weight is 332 g/mol. The summed E-state index contributed by atoms with van der Waals surface area (Å²) in [6, 6.07) is 2.66. The maximum Gasteiger partial charge on any atom is 0.326 e. The minimum atomic E-state index is -1.02. The summed E-state index contributed by atoms with van der Waals surface area (Å²) in [6.07, 6.45) is 5.64. The van der Waals surface area contributed by atoms with Gasteiger partial charge in [0.2, 0.25) is 17.6 Å². The number of pyridine rings is 1. The summed E-state index contributed by atoms with van der Waals surface area (Å²) in [4.78, 5) is 31.1. The summed E-state index contributed by atoms with van der Waals surface area (Å²) >= 11 is 0. The van der Waals surface area contributed by atoms with Gasteiger partial charge in [-0.2, -0.15) is 4.98 Å². The van der Waals surface area contributed by atoms with Gasteiger partial charge in [-0.3, -0.25) is 9.78 Å². The van der Waals surface area contributed by atoms with Crippen LogP contribution in [0.2, 0.25) is 0 Å². The van der Waals surface area contributed by atoms with Gasteiger partial charge in [-0.05, 0) is 18.6 Å². The van der Waals surface area contributed by atoms with Gasteiger partial charge in [0, 0.05) is 30.8 Å². The SMILES string of the molecule is CCCCC(NC(=O)CCc1nc(-c2ccncc2)no1)C(=O)O. The van der Waals surface area contributed by atoms with Crippen LogP contribution in [0.25, 0.3) is 11.4 Å². The smallest absolute Gasteiger partial charge is 0.326 e. The van der Waals surface area contributed by atoms with E-state index in [0.29, 0.717) is 18.1 Å². The fourth-order valence-electron chi connectivity index (χ4n) is 2.13. The van der Waals surface area contributed by atoms with Crippen molar-refractivity contribution in [3.8, 4) is 11.4 Å². The molecule has 8 heteroatoms. The largest absolute Gasteiger partial charge is 0.480 e. The summed E-state index contributed by atoms with van der Waals surface area (Å²) < 4.78 is 5.11. The highest BCUT2D eigenvalue weighted by Gasteiger charge is 2.19. The van der Waals surface area contributed by atoms with Crippen LogP contribution in [-0.2, 0) is 16.0 Å². The van der Waals surface area contributed by atoms with Crippen LogP contribution in [0.4, 0.5) is 0 Å². The van der Waals surface area contributed by atoms with Crippen LogP contribution in [-0.4, -0.2) is 38.1 Å². The Hall–Kier alpha value is -2.77. The maximum absolute atomic E-state index is 11.9. The topological polar surface area (TPSA) is 118 Å². The first kappa shape index (κ1) is 17.6. The second-order valence-electron chi connectivity index (χ2n) is 5.35. The van der Waals surface area contributed by atoms with Crippen LogP contribution in [0, 0.1) is 0 Å². The molecule has 0 aliphatic carbocycles. The van der Waals surface area contributed by atoms with E-state index in [1.54, 1.807) is 24.5 Å². The number of amides is 1. The molecule has 8 nitrogen and oxygen atoms in total. The Bertz CT molecular complexity index is 672. The van der Waals surface area contributed by atoms with Gasteiger partial charge >= 0.3 is 5.97 Å². The minimum absolute atomic E-state index is 0.0912. The van der Waals surface area contributed by atoms with Crippen LogP contribution in [0.3, 0.4) is 0 Å². The van der Waals surface area contributed by atoms with Crippen LogP contribution < -0.4 is 5.32 Å². The number of rotatable bonds is 9. The molecular formula is C16H20N4O4. The lowest BCUT2D eigenvalue weighted by molar-refractivity contribution is -0.142. The summed E-state index contributed by atoms with van der Waals surface area (Å²) in [7, 11) is 0. The highest BCUT2D eigenvalue weighted by molar-refractivity contribution is 5.83. The second-order valence-corrected chi connectivity index (χ2v) is 5.35. The van der Waals surface area contributed by atoms with E-state index in [4.69, 9.17) is 9.63 Å². The highest BCUT2D eigenvalue weighted by atomic mass is 16.5. The molecule has 0 aromatic carbocycles. The molecule has 2 rings (SSSR count). The Labute approximate surface area is 139 Å². The summed E-state index contributed by atoms with van der Waals surface area (Å²) in [5, 5.41) is 15.5. The van der Waals surface area contributed by atoms with E-state index in [1.165, 1.54) is 0 Å². The number of nitrogens with one attached hydrogen (secondary N) is 1. The second kappa shape index (κ2) is 8.76. The number of hydrogen-bond donors (Lipinski definition) is 2. The molecule has 1 atom stereocenters. The van der Waals surface area contributed by atoms with Gasteiger partial charge in [0.15, 0.2) is 0 Å². The monoisotopic (exact) mass is 332 g/mol. The lowest BCUT2D eigenvalue weighted by Gasteiger charge is -2.13. The van der Waals surface area contributed by atoms with Crippen molar-refractivity contribution >= 4 is 11.9 Å². The molecule has 0 radical (unpaired) electrons. The Morgan fingerprint density at radius 1 is 1.33 bits per heavy atom. The molecular weight excluding hydrogens is 312 g/mol. The first-order chi connectivity index (χ1) is 11.6. The van der Waals surface area contributed by atoms with Gasteiger partial charge in [0.1, 0.15) is 6.04 Å². The van der Waals surface area contributed by atoms with E-state index in [9.17, 15) is 9.59 Å². The number of carbonyl (C=O) groups excluding carboxylic acids is 1. The molecule has 0 saturated heterocycles. The normalized spacial score (nSPS) is 11.9. The number of nitrogens with zero attached hydrogens (tertiary/aromatic N) is 3. The van der Waals surface area contributed by atoms with Crippen molar-refractivity contribution in [1.29, 1.82) is 0 Å². The lowest BCUT2D eigenvalue weighted by atomic mass is 10.1. The molecule has 0 aliphatic heterocycles. The van der Waals surface area contributed by atoms with E-state index in [2.05, 4.69) is 20.4 Å². The maximum atomic E-state index is 11.9. The molecule has 2 N–H and O–H groups in total. The quantitative estimate of drug-likeness (QED) is 0.719. The molecule has 0 aliphatic rings. The zero-order chi connectivity index (χ0) is 17.4. The fourth-order valence-corrected chi connectivity index (χ4v) is 2.13. The first-order valence-electron chi connectivity index (χ1n) is 7.85. The third-order valence-electron chi connectivity index (χ3n) is 3.45. The standard InChI is InChI=1S/C16H20N4O4/c1-2-3-4-12(16(22)23)18-13(21)5-6-14-19-15(20-24-14)11-7-9-17-10-8-11/h7-10,12H,2-6H2,1H3,(H,18,21)(H,22,23). The molecule has 24 heavy (non-hydrogen) atoms. The molecule has 2 aromatic rings. The molecule has 128 valence electrons. The predicted molar refractivity (Wildman–Crippen MR) is 84.9 cm³/mol. The Morgan fingerprint density at radius 2 is 2.08 bits per heavy atom. The Balaban J connectivity index is 1.85. The van der Waals surface area contributed by atoms with Crippen molar-refractivity contribution in [2.45, 2.75) is 45.1 Å². The highest BCUT2D eigenvalue weighted by Crippen LogP contribution is 2.14. The molecule has 1 unspecified atom stereocenters. The van der Waals surface area contributed by atoms with E-state index >= 15 is 0 Å². The van der Waals surface area contributed by atoms with Gasteiger partial charge in [0.05, 0.1) is 0 Å². The van der Waals surface area contributed by atoms with E-state index < -0.39 is 12.0 Å². The number of aromatic nitrogens is 3. The van der Waals surface area contributed by atoms with Crippen molar-refractivity contribution in [3.63, 3.8) is 0 Å². The molecule has 0 fully saturated rings. The molecule has 2 heterocycles. The van der Waals surface area contributed by atoms with E-state index in [0.717, 1.165) is 18.4 Å². The number of aryl methyl sites for hydroxylation is 1.